The van der Waals surface area contributed by atoms with Gasteiger partial charge < -0.3 is 15.7 Å². The van der Waals surface area contributed by atoms with Gasteiger partial charge in [0.1, 0.15) is 17.4 Å². The lowest BCUT2D eigenvalue weighted by Gasteiger charge is -2.42. The van der Waals surface area contributed by atoms with Crippen molar-refractivity contribution in [3.05, 3.63) is 42.5 Å². The summed E-state index contributed by atoms with van der Waals surface area (Å²) in [5.41, 5.74) is 1.73. The minimum absolute atomic E-state index is 0.0126. The standard InChI is InChI=1S/C23H26FN7O/c1-22-5-6-23(2,30-22)10-14(9-22)11-25-20-4-3-18(28-29-20)21-17(24)7-15(8-19(21)32)16-12-26-31-27-13-16/h3-4,7-8,12-14,30,32H,5-6,9-11H2,1-2H3,(H,25,29). The molecule has 0 saturated carbocycles. The summed E-state index contributed by atoms with van der Waals surface area (Å²) >= 11 is 0. The van der Waals surface area contributed by atoms with Crippen LogP contribution in [0.1, 0.15) is 39.5 Å². The van der Waals surface area contributed by atoms with Crippen LogP contribution in [0.4, 0.5) is 10.2 Å². The van der Waals surface area contributed by atoms with Gasteiger partial charge in [0.05, 0.1) is 23.7 Å². The highest BCUT2D eigenvalue weighted by atomic mass is 19.1. The number of piperidine rings is 1. The van der Waals surface area contributed by atoms with Crippen molar-refractivity contribution in [2.24, 2.45) is 5.92 Å². The summed E-state index contributed by atoms with van der Waals surface area (Å²) in [4.78, 5) is 0. The number of phenols is 1. The predicted octanol–water partition coefficient (Wildman–Crippen LogP) is 3.56. The molecule has 3 N–H and O–H groups in total. The van der Waals surface area contributed by atoms with Crippen molar-refractivity contribution in [1.82, 2.24) is 30.9 Å². The molecule has 0 aliphatic carbocycles. The number of benzene rings is 1. The van der Waals surface area contributed by atoms with Crippen LogP contribution < -0.4 is 10.6 Å². The molecule has 0 radical (unpaired) electrons. The summed E-state index contributed by atoms with van der Waals surface area (Å²) in [5, 5.41) is 36.8. The Balaban J connectivity index is 1.29. The number of fused-ring (bicyclic) bond motifs is 2. The molecule has 8 nitrogen and oxygen atoms in total. The van der Waals surface area contributed by atoms with E-state index in [0.717, 1.165) is 19.4 Å². The molecule has 5 rings (SSSR count). The second-order valence-corrected chi connectivity index (χ2v) is 9.59. The summed E-state index contributed by atoms with van der Waals surface area (Å²) < 4.78 is 14.8. The lowest BCUT2D eigenvalue weighted by atomic mass is 9.80. The Morgan fingerprint density at radius 1 is 1.06 bits per heavy atom. The van der Waals surface area contributed by atoms with E-state index in [1.54, 1.807) is 12.1 Å². The highest BCUT2D eigenvalue weighted by Gasteiger charge is 2.48. The molecule has 2 saturated heterocycles. The van der Waals surface area contributed by atoms with Crippen molar-refractivity contribution in [2.45, 2.75) is 50.6 Å². The van der Waals surface area contributed by atoms with Crippen molar-refractivity contribution in [1.29, 1.82) is 0 Å². The molecule has 2 aliphatic heterocycles. The molecule has 32 heavy (non-hydrogen) atoms. The maximum absolute atomic E-state index is 14.8. The smallest absolute Gasteiger partial charge is 0.148 e. The van der Waals surface area contributed by atoms with Crippen molar-refractivity contribution in [3.63, 3.8) is 0 Å². The second kappa shape index (κ2) is 7.74. The normalized spacial score (nSPS) is 26.8. The van der Waals surface area contributed by atoms with Gasteiger partial charge in [0.15, 0.2) is 0 Å². The van der Waals surface area contributed by atoms with E-state index < -0.39 is 5.82 Å². The van der Waals surface area contributed by atoms with Gasteiger partial charge in [-0.05, 0) is 80.5 Å². The third-order valence-electron chi connectivity index (χ3n) is 6.70. The van der Waals surface area contributed by atoms with Gasteiger partial charge in [-0.3, -0.25) is 0 Å². The quantitative estimate of drug-likeness (QED) is 0.558. The summed E-state index contributed by atoms with van der Waals surface area (Å²) in [6, 6.07) is 6.20. The fraction of sp³-hybridized carbons (Fsp3) is 0.435. The van der Waals surface area contributed by atoms with Crippen LogP contribution >= 0.6 is 0 Å². The minimum Gasteiger partial charge on any atom is -0.507 e. The first-order valence-corrected chi connectivity index (χ1v) is 10.9. The highest BCUT2D eigenvalue weighted by Crippen LogP contribution is 2.44. The third kappa shape index (κ3) is 4.00. The third-order valence-corrected chi connectivity index (χ3v) is 6.70. The Hall–Kier alpha value is -3.20. The first kappa shape index (κ1) is 20.7. The summed E-state index contributed by atoms with van der Waals surface area (Å²) in [5.74, 6) is 0.374. The summed E-state index contributed by atoms with van der Waals surface area (Å²) in [6.07, 6.45) is 7.61. The molecule has 2 aliphatic rings. The molecule has 2 fully saturated rings. The molecule has 3 aromatic rings. The Morgan fingerprint density at radius 3 is 2.41 bits per heavy atom. The molecule has 1 aromatic carbocycles. The van der Waals surface area contributed by atoms with Crippen LogP contribution in [0, 0.1) is 11.7 Å². The Morgan fingerprint density at radius 2 is 1.78 bits per heavy atom. The van der Waals surface area contributed by atoms with Gasteiger partial charge in [0.25, 0.3) is 0 Å². The average molecular weight is 436 g/mol. The fourth-order valence-electron chi connectivity index (χ4n) is 5.41. The Bertz CT molecular complexity index is 1090. The van der Waals surface area contributed by atoms with Gasteiger partial charge in [-0.1, -0.05) is 0 Å². The molecule has 2 atom stereocenters. The highest BCUT2D eigenvalue weighted by molar-refractivity contribution is 5.74. The van der Waals surface area contributed by atoms with Gasteiger partial charge in [0.2, 0.25) is 0 Å². The van der Waals surface area contributed by atoms with Crippen molar-refractivity contribution in [2.75, 3.05) is 11.9 Å². The van der Waals surface area contributed by atoms with Crippen LogP contribution in [0.25, 0.3) is 22.4 Å². The number of nitrogens with one attached hydrogen (secondary N) is 2. The zero-order chi connectivity index (χ0) is 22.3. The predicted molar refractivity (Wildman–Crippen MR) is 118 cm³/mol. The summed E-state index contributed by atoms with van der Waals surface area (Å²) in [6.45, 7) is 5.45. The van der Waals surface area contributed by atoms with E-state index in [4.69, 9.17) is 0 Å². The van der Waals surface area contributed by atoms with Gasteiger partial charge in [-0.15, -0.1) is 20.4 Å². The number of aromatic hydroxyl groups is 1. The number of phenolic OH excluding ortho intramolecular Hbond substituents is 1. The van der Waals surface area contributed by atoms with Gasteiger partial charge >= 0.3 is 0 Å². The van der Waals surface area contributed by atoms with E-state index in [-0.39, 0.29) is 28.1 Å². The Labute approximate surface area is 185 Å². The molecular formula is C23H26FN7O. The number of hydrogen-bond acceptors (Lipinski definition) is 8. The van der Waals surface area contributed by atoms with Crippen LogP contribution in [0.15, 0.2) is 36.7 Å². The van der Waals surface area contributed by atoms with E-state index in [1.165, 1.54) is 37.4 Å². The van der Waals surface area contributed by atoms with Crippen molar-refractivity contribution in [3.8, 4) is 28.1 Å². The van der Waals surface area contributed by atoms with Crippen LogP contribution in [0.2, 0.25) is 0 Å². The number of anilines is 1. The summed E-state index contributed by atoms with van der Waals surface area (Å²) in [7, 11) is 0. The van der Waals surface area contributed by atoms with Gasteiger partial charge in [0, 0.05) is 23.2 Å². The number of hydrogen-bond donors (Lipinski definition) is 3. The van der Waals surface area contributed by atoms with Gasteiger partial charge in [-0.25, -0.2) is 4.39 Å². The van der Waals surface area contributed by atoms with Crippen LogP contribution in [-0.2, 0) is 0 Å². The first-order valence-electron chi connectivity index (χ1n) is 10.9. The maximum atomic E-state index is 14.8. The van der Waals surface area contributed by atoms with Crippen LogP contribution in [0.5, 0.6) is 5.75 Å². The SMILES string of the molecule is CC12CCC(C)(CC(CNc3ccc(-c4c(O)cc(-c5cnnnc5)cc4F)nn3)C1)N2. The van der Waals surface area contributed by atoms with Gasteiger partial charge in [-0.2, -0.15) is 0 Å². The van der Waals surface area contributed by atoms with E-state index in [9.17, 15) is 9.50 Å². The maximum Gasteiger partial charge on any atom is 0.148 e. The van der Waals surface area contributed by atoms with Crippen molar-refractivity contribution < 1.29 is 9.50 Å². The minimum atomic E-state index is -0.599. The zero-order valence-electron chi connectivity index (χ0n) is 18.1. The monoisotopic (exact) mass is 435 g/mol. The lowest BCUT2D eigenvalue weighted by molar-refractivity contribution is 0.178. The molecule has 2 aromatic heterocycles. The topological polar surface area (TPSA) is 109 Å². The first-order chi connectivity index (χ1) is 15.3. The van der Waals surface area contributed by atoms with E-state index in [1.807, 2.05) is 0 Å². The lowest BCUT2D eigenvalue weighted by Crippen LogP contribution is -2.54. The fourth-order valence-corrected chi connectivity index (χ4v) is 5.41. The molecule has 2 unspecified atom stereocenters. The molecule has 0 spiro atoms. The molecular weight excluding hydrogens is 409 g/mol. The molecule has 9 heteroatoms. The Kier molecular flexibility index (Phi) is 5.00. The average Bonchev–Trinajstić information content (AvgIpc) is 3.00. The van der Waals surface area contributed by atoms with E-state index in [2.05, 4.69) is 50.1 Å². The number of halogens is 1. The molecule has 0 amide bonds. The number of rotatable bonds is 5. The second-order valence-electron chi connectivity index (χ2n) is 9.59. The zero-order valence-corrected chi connectivity index (χ0v) is 18.1. The van der Waals surface area contributed by atoms with Crippen LogP contribution in [0.3, 0.4) is 0 Å². The molecule has 2 bridgehead atoms. The largest absolute Gasteiger partial charge is 0.507 e. The van der Waals surface area contributed by atoms with Crippen LogP contribution in [-0.4, -0.2) is 48.3 Å². The van der Waals surface area contributed by atoms with E-state index in [0.29, 0.717) is 22.9 Å². The van der Waals surface area contributed by atoms with Crippen molar-refractivity contribution >= 4 is 5.82 Å². The number of aromatic nitrogens is 5. The van der Waals surface area contributed by atoms with E-state index >= 15 is 0 Å². The molecule has 166 valence electrons. The molecule has 4 heterocycles. The number of nitrogens with zero attached hydrogens (tertiary/aromatic N) is 5.